The smallest absolute Gasteiger partial charge is 0.156 e. The van der Waals surface area contributed by atoms with Gasteiger partial charge in [0, 0.05) is 29.6 Å². The van der Waals surface area contributed by atoms with Crippen LogP contribution in [0.2, 0.25) is 0 Å². The molecule has 2 rings (SSSR count). The molecule has 2 nitrogen and oxygen atoms in total. The van der Waals surface area contributed by atoms with Gasteiger partial charge in [-0.3, -0.25) is 4.99 Å². The van der Waals surface area contributed by atoms with Crippen molar-refractivity contribution < 1.29 is 0 Å². The maximum absolute atomic E-state index is 4.77. The maximum atomic E-state index is 4.77. The summed E-state index contributed by atoms with van der Waals surface area (Å²) in [7, 11) is 0. The van der Waals surface area contributed by atoms with Crippen LogP contribution in [0.1, 0.15) is 38.5 Å². The van der Waals surface area contributed by atoms with Crippen molar-refractivity contribution in [2.24, 2.45) is 10.4 Å². The molecule has 0 saturated heterocycles. The highest BCUT2D eigenvalue weighted by Crippen LogP contribution is 2.34. The molecule has 1 aliphatic heterocycles. The maximum Gasteiger partial charge on any atom is 0.156 e. The van der Waals surface area contributed by atoms with E-state index in [0.717, 1.165) is 18.1 Å². The summed E-state index contributed by atoms with van der Waals surface area (Å²) in [5.74, 6) is 1.21. The number of rotatable bonds is 5. The second kappa shape index (κ2) is 6.80. The Morgan fingerprint density at radius 3 is 2.74 bits per heavy atom. The second-order valence-corrected chi connectivity index (χ2v) is 7.44. The fraction of sp³-hybridized carbons (Fsp3) is 0.667. The third-order valence-electron chi connectivity index (χ3n) is 4.03. The van der Waals surface area contributed by atoms with Crippen LogP contribution in [0, 0.1) is 5.41 Å². The average Bonchev–Trinajstić information content (AvgIpc) is 2.93. The Morgan fingerprint density at radius 2 is 2.21 bits per heavy atom. The van der Waals surface area contributed by atoms with Crippen LogP contribution in [0.3, 0.4) is 0 Å². The minimum atomic E-state index is 0.437. The van der Waals surface area contributed by atoms with E-state index in [2.05, 4.69) is 43.6 Å². The SMILES string of the molecule is CCC1(CC)CN=C(NC(C)Cc2cccs2)SC1. The summed E-state index contributed by atoms with van der Waals surface area (Å²) < 4.78 is 0. The van der Waals surface area contributed by atoms with E-state index in [0.29, 0.717) is 11.5 Å². The van der Waals surface area contributed by atoms with Crippen LogP contribution in [0.4, 0.5) is 0 Å². The molecule has 4 heteroatoms. The molecule has 1 N–H and O–H groups in total. The summed E-state index contributed by atoms with van der Waals surface area (Å²) in [5, 5.41) is 6.85. The van der Waals surface area contributed by atoms with Crippen LogP contribution in [-0.2, 0) is 6.42 Å². The van der Waals surface area contributed by atoms with Gasteiger partial charge in [0.25, 0.3) is 0 Å². The van der Waals surface area contributed by atoms with Gasteiger partial charge in [-0.2, -0.15) is 0 Å². The van der Waals surface area contributed by atoms with Crippen molar-refractivity contribution in [3.05, 3.63) is 22.4 Å². The minimum absolute atomic E-state index is 0.437. The van der Waals surface area contributed by atoms with Gasteiger partial charge in [-0.1, -0.05) is 31.7 Å². The van der Waals surface area contributed by atoms with Crippen molar-refractivity contribution in [3.8, 4) is 0 Å². The first kappa shape index (κ1) is 14.9. The molecular weight excluding hydrogens is 272 g/mol. The van der Waals surface area contributed by atoms with Crippen molar-refractivity contribution in [2.45, 2.75) is 46.1 Å². The van der Waals surface area contributed by atoms with Crippen LogP contribution < -0.4 is 5.32 Å². The van der Waals surface area contributed by atoms with Gasteiger partial charge in [0.15, 0.2) is 5.17 Å². The lowest BCUT2D eigenvalue weighted by atomic mass is 9.84. The Balaban J connectivity index is 1.85. The lowest BCUT2D eigenvalue weighted by molar-refractivity contribution is 0.318. The van der Waals surface area contributed by atoms with Crippen molar-refractivity contribution in [1.29, 1.82) is 0 Å². The quantitative estimate of drug-likeness (QED) is 0.881. The number of thiophene rings is 1. The molecule has 0 aromatic carbocycles. The fourth-order valence-electron chi connectivity index (χ4n) is 2.31. The van der Waals surface area contributed by atoms with Gasteiger partial charge < -0.3 is 5.32 Å². The summed E-state index contributed by atoms with van der Waals surface area (Å²) in [6.45, 7) is 7.81. The molecule has 0 spiro atoms. The topological polar surface area (TPSA) is 24.4 Å². The number of hydrogen-bond acceptors (Lipinski definition) is 4. The van der Waals surface area contributed by atoms with Crippen LogP contribution in [0.25, 0.3) is 0 Å². The summed E-state index contributed by atoms with van der Waals surface area (Å²) in [4.78, 5) is 6.21. The number of amidine groups is 1. The van der Waals surface area contributed by atoms with Crippen molar-refractivity contribution in [3.63, 3.8) is 0 Å². The highest BCUT2D eigenvalue weighted by Gasteiger charge is 2.30. The number of hydrogen-bond donors (Lipinski definition) is 1. The van der Waals surface area contributed by atoms with Gasteiger partial charge in [-0.25, -0.2) is 0 Å². The molecule has 0 bridgehead atoms. The molecule has 0 radical (unpaired) electrons. The van der Waals surface area contributed by atoms with Gasteiger partial charge in [-0.05, 0) is 36.6 Å². The summed E-state index contributed by atoms with van der Waals surface area (Å²) in [5.41, 5.74) is 0.437. The molecule has 0 amide bonds. The number of nitrogens with zero attached hydrogens (tertiary/aromatic N) is 1. The molecule has 1 aliphatic rings. The Kier molecular flexibility index (Phi) is 5.34. The first-order valence-corrected chi connectivity index (χ1v) is 9.00. The first-order valence-electron chi connectivity index (χ1n) is 7.13. The number of thioether (sulfide) groups is 1. The van der Waals surface area contributed by atoms with Gasteiger partial charge in [0.2, 0.25) is 0 Å². The molecule has 0 saturated carbocycles. The van der Waals surface area contributed by atoms with E-state index in [1.54, 1.807) is 0 Å². The third-order valence-corrected chi connectivity index (χ3v) is 6.21. The molecule has 1 atom stereocenters. The average molecular weight is 297 g/mol. The second-order valence-electron chi connectivity index (χ2n) is 5.45. The molecule has 1 aromatic rings. The van der Waals surface area contributed by atoms with E-state index in [1.165, 1.54) is 23.5 Å². The summed E-state index contributed by atoms with van der Waals surface area (Å²) in [6, 6.07) is 4.79. The predicted molar refractivity (Wildman–Crippen MR) is 88.4 cm³/mol. The highest BCUT2D eigenvalue weighted by molar-refractivity contribution is 8.13. The first-order chi connectivity index (χ1) is 9.17. The zero-order chi connectivity index (χ0) is 13.7. The van der Waals surface area contributed by atoms with Crippen LogP contribution >= 0.6 is 23.1 Å². The summed E-state index contributed by atoms with van der Waals surface area (Å²) in [6.07, 6.45) is 3.56. The van der Waals surface area contributed by atoms with E-state index in [4.69, 9.17) is 4.99 Å². The van der Waals surface area contributed by atoms with Crippen LogP contribution in [0.15, 0.2) is 22.5 Å². The molecule has 19 heavy (non-hydrogen) atoms. The van der Waals surface area contributed by atoms with Crippen LogP contribution in [0.5, 0.6) is 0 Å². The Labute approximate surface area is 125 Å². The van der Waals surface area contributed by atoms with E-state index in [1.807, 2.05) is 23.1 Å². The van der Waals surface area contributed by atoms with Crippen molar-refractivity contribution in [1.82, 2.24) is 5.32 Å². The molecule has 0 fully saturated rings. The number of aliphatic imine (C=N–C) groups is 1. The van der Waals surface area contributed by atoms with E-state index >= 15 is 0 Å². The fourth-order valence-corrected chi connectivity index (χ4v) is 4.53. The van der Waals surface area contributed by atoms with E-state index < -0.39 is 0 Å². The molecule has 106 valence electrons. The Hall–Kier alpha value is -0.480. The normalized spacial score (nSPS) is 19.8. The van der Waals surface area contributed by atoms with Crippen molar-refractivity contribution >= 4 is 28.3 Å². The zero-order valence-electron chi connectivity index (χ0n) is 12.1. The van der Waals surface area contributed by atoms with Gasteiger partial charge in [-0.15, -0.1) is 11.3 Å². The van der Waals surface area contributed by atoms with Crippen LogP contribution in [-0.4, -0.2) is 23.5 Å². The Morgan fingerprint density at radius 1 is 1.42 bits per heavy atom. The van der Waals surface area contributed by atoms with Gasteiger partial charge in [0.1, 0.15) is 0 Å². The zero-order valence-corrected chi connectivity index (χ0v) is 13.7. The summed E-state index contributed by atoms with van der Waals surface area (Å²) >= 11 is 3.74. The van der Waals surface area contributed by atoms with E-state index in [-0.39, 0.29) is 0 Å². The largest absolute Gasteiger partial charge is 0.362 e. The third kappa shape index (κ3) is 3.99. The molecule has 2 heterocycles. The minimum Gasteiger partial charge on any atom is -0.362 e. The molecule has 0 aliphatic carbocycles. The number of nitrogens with one attached hydrogen (secondary N) is 1. The standard InChI is InChI=1S/C15H24N2S2/c1-4-15(5-2)10-16-14(19-11-15)17-12(3)9-13-7-6-8-18-13/h6-8,12H,4-5,9-11H2,1-3H3,(H,16,17). The Bertz CT molecular complexity index is 408. The van der Waals surface area contributed by atoms with Gasteiger partial charge in [0.05, 0.1) is 0 Å². The van der Waals surface area contributed by atoms with Gasteiger partial charge >= 0.3 is 0 Å². The monoisotopic (exact) mass is 296 g/mol. The van der Waals surface area contributed by atoms with Crippen molar-refractivity contribution in [2.75, 3.05) is 12.3 Å². The lowest BCUT2D eigenvalue weighted by Gasteiger charge is -2.34. The lowest BCUT2D eigenvalue weighted by Crippen LogP contribution is -2.38. The molecule has 1 unspecified atom stereocenters. The van der Waals surface area contributed by atoms with E-state index in [9.17, 15) is 0 Å². The highest BCUT2D eigenvalue weighted by atomic mass is 32.2. The molecular formula is C15H24N2S2. The molecule has 1 aromatic heterocycles. The predicted octanol–water partition coefficient (Wildman–Crippen LogP) is 4.18.